The highest BCUT2D eigenvalue weighted by molar-refractivity contribution is 4.71. The monoisotopic (exact) mass is 230 g/mol. The van der Waals surface area contributed by atoms with Crippen LogP contribution in [-0.4, -0.2) is 50.3 Å². The van der Waals surface area contributed by atoms with E-state index in [0.29, 0.717) is 12.1 Å². The van der Waals surface area contributed by atoms with Gasteiger partial charge in [-0.1, -0.05) is 6.92 Å². The van der Waals surface area contributed by atoms with Crippen LogP contribution in [0.15, 0.2) is 0 Å². The Morgan fingerprint density at radius 1 is 1.25 bits per heavy atom. The third-order valence-corrected chi connectivity index (χ3v) is 3.01. The fourth-order valence-corrected chi connectivity index (χ4v) is 2.05. The second-order valence-electron chi connectivity index (χ2n) is 4.67. The summed E-state index contributed by atoms with van der Waals surface area (Å²) in [5.74, 6) is 0. The van der Waals surface area contributed by atoms with Crippen LogP contribution in [0.4, 0.5) is 0 Å². The van der Waals surface area contributed by atoms with Crippen LogP contribution < -0.4 is 5.32 Å². The number of hydrogen-bond donors (Lipinski definition) is 1. The Hall–Kier alpha value is -0.120. The summed E-state index contributed by atoms with van der Waals surface area (Å²) in [6, 6.07) is 1.25. The van der Waals surface area contributed by atoms with Gasteiger partial charge in [0.15, 0.2) is 0 Å². The number of ether oxygens (including phenoxy) is 1. The molecular formula is C13H30N2O. The molecule has 0 saturated carbocycles. The van der Waals surface area contributed by atoms with Crippen LogP contribution in [0.5, 0.6) is 0 Å². The summed E-state index contributed by atoms with van der Waals surface area (Å²) in [7, 11) is 1.77. The van der Waals surface area contributed by atoms with Crippen LogP contribution in [0.3, 0.4) is 0 Å². The Morgan fingerprint density at radius 3 is 2.44 bits per heavy atom. The molecule has 3 heteroatoms. The van der Waals surface area contributed by atoms with Gasteiger partial charge < -0.3 is 10.1 Å². The zero-order valence-electron chi connectivity index (χ0n) is 11.8. The van der Waals surface area contributed by atoms with Crippen LogP contribution in [0.25, 0.3) is 0 Å². The highest BCUT2D eigenvalue weighted by atomic mass is 16.5. The lowest BCUT2D eigenvalue weighted by Gasteiger charge is -2.32. The van der Waals surface area contributed by atoms with E-state index in [2.05, 4.69) is 37.9 Å². The first kappa shape index (κ1) is 15.9. The Morgan fingerprint density at radius 2 is 1.94 bits per heavy atom. The van der Waals surface area contributed by atoms with Crippen molar-refractivity contribution < 1.29 is 4.74 Å². The molecule has 98 valence electrons. The fourth-order valence-electron chi connectivity index (χ4n) is 2.05. The first-order valence-corrected chi connectivity index (χ1v) is 6.58. The predicted molar refractivity (Wildman–Crippen MR) is 71.0 cm³/mol. The minimum atomic E-state index is 0.601. The average molecular weight is 230 g/mol. The topological polar surface area (TPSA) is 24.5 Å². The molecule has 0 rings (SSSR count). The molecule has 0 spiro atoms. The lowest BCUT2D eigenvalue weighted by molar-refractivity contribution is 0.0975. The third-order valence-electron chi connectivity index (χ3n) is 3.01. The van der Waals surface area contributed by atoms with Gasteiger partial charge >= 0.3 is 0 Å². The number of hydrogen-bond acceptors (Lipinski definition) is 3. The Bertz CT molecular complexity index is 151. The molecule has 0 radical (unpaired) electrons. The van der Waals surface area contributed by atoms with Gasteiger partial charge in [-0.2, -0.15) is 0 Å². The van der Waals surface area contributed by atoms with Crippen molar-refractivity contribution in [2.24, 2.45) is 0 Å². The molecule has 0 aromatic carbocycles. The van der Waals surface area contributed by atoms with E-state index in [1.807, 2.05) is 0 Å². The van der Waals surface area contributed by atoms with Crippen LogP contribution in [-0.2, 0) is 4.74 Å². The van der Waals surface area contributed by atoms with E-state index < -0.39 is 0 Å². The predicted octanol–water partition coefficient (Wildman–Crippen LogP) is 2.12. The van der Waals surface area contributed by atoms with E-state index in [1.54, 1.807) is 7.11 Å². The minimum Gasteiger partial charge on any atom is -0.383 e. The summed E-state index contributed by atoms with van der Waals surface area (Å²) >= 11 is 0. The molecular weight excluding hydrogens is 200 g/mol. The zero-order chi connectivity index (χ0) is 12.4. The van der Waals surface area contributed by atoms with Crippen molar-refractivity contribution in [3.63, 3.8) is 0 Å². The molecule has 0 aliphatic rings. The second-order valence-corrected chi connectivity index (χ2v) is 4.67. The smallest absolute Gasteiger partial charge is 0.0589 e. The van der Waals surface area contributed by atoms with Gasteiger partial charge in [-0.15, -0.1) is 0 Å². The van der Waals surface area contributed by atoms with E-state index in [9.17, 15) is 0 Å². The highest BCUT2D eigenvalue weighted by Crippen LogP contribution is 2.10. The van der Waals surface area contributed by atoms with Crippen LogP contribution in [0.1, 0.15) is 40.5 Å². The summed E-state index contributed by atoms with van der Waals surface area (Å²) in [6.45, 7) is 13.1. The summed E-state index contributed by atoms with van der Waals surface area (Å²) in [5, 5.41) is 3.37. The molecule has 0 amide bonds. The summed E-state index contributed by atoms with van der Waals surface area (Å²) in [4.78, 5) is 2.52. The maximum atomic E-state index is 5.16. The number of nitrogens with zero attached hydrogens (tertiary/aromatic N) is 1. The van der Waals surface area contributed by atoms with Crippen molar-refractivity contribution >= 4 is 0 Å². The molecule has 16 heavy (non-hydrogen) atoms. The highest BCUT2D eigenvalue weighted by Gasteiger charge is 2.15. The van der Waals surface area contributed by atoms with Crippen molar-refractivity contribution in [1.82, 2.24) is 10.2 Å². The molecule has 3 nitrogen and oxygen atoms in total. The molecule has 0 fully saturated rings. The number of methoxy groups -OCH3 is 1. The molecule has 1 unspecified atom stereocenters. The standard InChI is InChI=1S/C13H30N2O/c1-6-14-9-7-8-13(4)15(12(2)3)10-11-16-5/h12-14H,6-11H2,1-5H3. The van der Waals surface area contributed by atoms with Gasteiger partial charge in [0.2, 0.25) is 0 Å². The molecule has 1 atom stereocenters. The Kier molecular flexibility index (Phi) is 9.99. The van der Waals surface area contributed by atoms with E-state index in [1.165, 1.54) is 12.8 Å². The molecule has 0 aromatic heterocycles. The molecule has 1 N–H and O–H groups in total. The largest absolute Gasteiger partial charge is 0.383 e. The lowest BCUT2D eigenvalue weighted by Crippen LogP contribution is -2.41. The van der Waals surface area contributed by atoms with Gasteiger partial charge in [-0.3, -0.25) is 4.90 Å². The van der Waals surface area contributed by atoms with Crippen molar-refractivity contribution in [2.75, 3.05) is 33.4 Å². The van der Waals surface area contributed by atoms with Gasteiger partial charge in [0, 0.05) is 25.7 Å². The van der Waals surface area contributed by atoms with Gasteiger partial charge in [-0.25, -0.2) is 0 Å². The maximum absolute atomic E-state index is 5.16. The first-order chi connectivity index (χ1) is 7.63. The molecule has 0 aliphatic heterocycles. The zero-order valence-corrected chi connectivity index (χ0v) is 11.8. The van der Waals surface area contributed by atoms with Gasteiger partial charge in [-0.05, 0) is 46.7 Å². The Balaban J connectivity index is 3.82. The average Bonchev–Trinajstić information content (AvgIpc) is 2.24. The summed E-state index contributed by atoms with van der Waals surface area (Å²) < 4.78 is 5.16. The molecule has 0 aliphatic carbocycles. The molecule has 0 aromatic rings. The fraction of sp³-hybridized carbons (Fsp3) is 1.00. The van der Waals surface area contributed by atoms with Gasteiger partial charge in [0.05, 0.1) is 6.61 Å². The van der Waals surface area contributed by atoms with Crippen molar-refractivity contribution in [3.05, 3.63) is 0 Å². The van der Waals surface area contributed by atoms with Crippen molar-refractivity contribution in [1.29, 1.82) is 0 Å². The quantitative estimate of drug-likeness (QED) is 0.582. The maximum Gasteiger partial charge on any atom is 0.0589 e. The summed E-state index contributed by atoms with van der Waals surface area (Å²) in [6.07, 6.45) is 2.51. The van der Waals surface area contributed by atoms with Crippen LogP contribution in [0, 0.1) is 0 Å². The minimum absolute atomic E-state index is 0.601. The Labute approximate surface area is 102 Å². The third kappa shape index (κ3) is 7.20. The normalized spacial score (nSPS) is 13.7. The molecule has 0 saturated heterocycles. The summed E-state index contributed by atoms with van der Waals surface area (Å²) in [5.41, 5.74) is 0. The van der Waals surface area contributed by atoms with E-state index in [4.69, 9.17) is 4.74 Å². The first-order valence-electron chi connectivity index (χ1n) is 6.58. The van der Waals surface area contributed by atoms with E-state index in [0.717, 1.165) is 26.2 Å². The second kappa shape index (κ2) is 10.1. The van der Waals surface area contributed by atoms with E-state index in [-0.39, 0.29) is 0 Å². The lowest BCUT2D eigenvalue weighted by atomic mass is 10.1. The van der Waals surface area contributed by atoms with Gasteiger partial charge in [0.25, 0.3) is 0 Å². The number of rotatable bonds is 10. The van der Waals surface area contributed by atoms with E-state index >= 15 is 0 Å². The SMILES string of the molecule is CCNCCCC(C)N(CCOC)C(C)C. The van der Waals surface area contributed by atoms with Gasteiger partial charge in [0.1, 0.15) is 0 Å². The van der Waals surface area contributed by atoms with Crippen LogP contribution >= 0.6 is 0 Å². The van der Waals surface area contributed by atoms with Crippen LogP contribution in [0.2, 0.25) is 0 Å². The number of nitrogens with one attached hydrogen (secondary N) is 1. The molecule has 0 bridgehead atoms. The molecule has 0 heterocycles. The van der Waals surface area contributed by atoms with Crippen molar-refractivity contribution in [2.45, 2.75) is 52.6 Å². The van der Waals surface area contributed by atoms with Crippen molar-refractivity contribution in [3.8, 4) is 0 Å².